The van der Waals surface area contributed by atoms with Gasteiger partial charge < -0.3 is 0 Å². The molecule has 0 spiro atoms. The highest BCUT2D eigenvalue weighted by molar-refractivity contribution is 7.82. The van der Waals surface area contributed by atoms with Crippen molar-refractivity contribution in [1.82, 2.24) is 4.31 Å². The minimum atomic E-state index is -1.28. The molecule has 1 aromatic rings. The van der Waals surface area contributed by atoms with Crippen LogP contribution in [0.3, 0.4) is 0 Å². The fourth-order valence-corrected chi connectivity index (χ4v) is 2.78. The van der Waals surface area contributed by atoms with Crippen LogP contribution in [0.15, 0.2) is 29.2 Å². The van der Waals surface area contributed by atoms with Crippen molar-refractivity contribution < 1.29 is 13.4 Å². The summed E-state index contributed by atoms with van der Waals surface area (Å²) in [5.74, 6) is -0.123. The van der Waals surface area contributed by atoms with Crippen molar-refractivity contribution in [1.29, 1.82) is 0 Å². The molecule has 1 aliphatic heterocycles. The first-order valence-electron chi connectivity index (χ1n) is 5.11. The number of Topliss-reactive ketones (excluding diaryl/α,β-unsaturated/α-hetero) is 1. The molecule has 0 bridgehead atoms. The molecule has 1 atom stereocenters. The second-order valence-electron chi connectivity index (χ2n) is 3.67. The highest BCUT2D eigenvalue weighted by Crippen LogP contribution is 2.15. The Morgan fingerprint density at radius 2 is 1.69 bits per heavy atom. The highest BCUT2D eigenvalue weighted by atomic mass is 32.2. The lowest BCUT2D eigenvalue weighted by molar-refractivity contribution is -0.120. The average Bonchev–Trinajstić information content (AvgIpc) is 2.30. The Hall–Kier alpha value is -1.07. The zero-order valence-corrected chi connectivity index (χ0v) is 9.50. The summed E-state index contributed by atoms with van der Waals surface area (Å²) in [6.07, 6.45) is 0.903. The summed E-state index contributed by atoms with van der Waals surface area (Å²) in [5.41, 5.74) is 0. The fourth-order valence-electron chi connectivity index (χ4n) is 1.60. The molecule has 0 radical (unpaired) electrons. The second-order valence-corrected chi connectivity index (χ2v) is 5.16. The molecule has 2 rings (SSSR count). The normalized spacial score (nSPS) is 19.7. The van der Waals surface area contributed by atoms with Gasteiger partial charge in [-0.15, -0.1) is 0 Å². The maximum atomic E-state index is 12.7. The summed E-state index contributed by atoms with van der Waals surface area (Å²) >= 11 is 0. The lowest BCUT2D eigenvalue weighted by Crippen LogP contribution is -2.35. The number of hydrogen-bond acceptors (Lipinski definition) is 2. The van der Waals surface area contributed by atoms with Gasteiger partial charge in [-0.25, -0.2) is 12.9 Å². The van der Waals surface area contributed by atoms with E-state index in [2.05, 4.69) is 0 Å². The summed E-state index contributed by atoms with van der Waals surface area (Å²) in [6, 6.07) is 5.62. The summed E-state index contributed by atoms with van der Waals surface area (Å²) in [6.45, 7) is 1.03. The molecule has 0 amide bonds. The van der Waals surface area contributed by atoms with E-state index in [9.17, 15) is 13.4 Å². The Labute approximate surface area is 95.8 Å². The van der Waals surface area contributed by atoms with Crippen LogP contribution in [0.5, 0.6) is 0 Å². The minimum absolute atomic E-state index is 0.215. The first-order chi connectivity index (χ1) is 7.66. The van der Waals surface area contributed by atoms with Crippen LogP contribution in [-0.4, -0.2) is 27.4 Å². The Morgan fingerprint density at radius 3 is 2.25 bits per heavy atom. The van der Waals surface area contributed by atoms with E-state index in [4.69, 9.17) is 0 Å². The Morgan fingerprint density at radius 1 is 1.12 bits per heavy atom. The van der Waals surface area contributed by atoms with Crippen molar-refractivity contribution in [3.63, 3.8) is 0 Å². The SMILES string of the molecule is O=C1CCN(S(=O)c2ccc(F)cc2)CC1. The molecule has 0 aliphatic carbocycles. The maximum Gasteiger partial charge on any atom is 0.135 e. The van der Waals surface area contributed by atoms with Crippen LogP contribution in [-0.2, 0) is 15.8 Å². The van der Waals surface area contributed by atoms with Gasteiger partial charge in [-0.05, 0) is 24.3 Å². The zero-order valence-electron chi connectivity index (χ0n) is 8.69. The fraction of sp³-hybridized carbons (Fsp3) is 0.364. The van der Waals surface area contributed by atoms with Gasteiger partial charge in [-0.2, -0.15) is 0 Å². The first-order valence-corrected chi connectivity index (χ1v) is 6.21. The van der Waals surface area contributed by atoms with Crippen LogP contribution in [0.4, 0.5) is 4.39 Å². The van der Waals surface area contributed by atoms with Gasteiger partial charge in [0.05, 0.1) is 4.90 Å². The van der Waals surface area contributed by atoms with Crippen molar-refractivity contribution in [2.24, 2.45) is 0 Å². The van der Waals surface area contributed by atoms with Crippen molar-refractivity contribution in [3.8, 4) is 0 Å². The van der Waals surface area contributed by atoms with Gasteiger partial charge in [-0.1, -0.05) is 0 Å². The van der Waals surface area contributed by atoms with Gasteiger partial charge in [0, 0.05) is 25.9 Å². The van der Waals surface area contributed by atoms with E-state index in [0.29, 0.717) is 30.8 Å². The number of nitrogens with zero attached hydrogens (tertiary/aromatic N) is 1. The predicted octanol–water partition coefficient (Wildman–Crippen LogP) is 1.51. The summed E-state index contributed by atoms with van der Waals surface area (Å²) in [5, 5.41) is 0. The standard InChI is InChI=1S/C11H12FNO2S/c12-9-1-3-11(4-2-9)16(15)13-7-5-10(14)6-8-13/h1-4H,5-8H2. The topological polar surface area (TPSA) is 37.4 Å². The van der Waals surface area contributed by atoms with Crippen LogP contribution >= 0.6 is 0 Å². The Balaban J connectivity index is 2.07. The molecule has 1 saturated heterocycles. The summed E-state index contributed by atoms with van der Waals surface area (Å²) < 4.78 is 26.5. The molecular formula is C11H12FNO2S. The van der Waals surface area contributed by atoms with E-state index in [-0.39, 0.29) is 11.6 Å². The lowest BCUT2D eigenvalue weighted by atomic mass is 10.1. The molecule has 1 aromatic carbocycles. The number of benzene rings is 1. The van der Waals surface area contributed by atoms with E-state index < -0.39 is 11.0 Å². The molecule has 0 aromatic heterocycles. The highest BCUT2D eigenvalue weighted by Gasteiger charge is 2.21. The third-order valence-corrected chi connectivity index (χ3v) is 4.04. The van der Waals surface area contributed by atoms with Gasteiger partial charge in [0.25, 0.3) is 0 Å². The summed E-state index contributed by atoms with van der Waals surface area (Å²) in [4.78, 5) is 11.6. The Bertz CT molecular complexity index is 408. The smallest absolute Gasteiger partial charge is 0.135 e. The molecule has 1 fully saturated rings. The van der Waals surface area contributed by atoms with Crippen LogP contribution in [0, 0.1) is 5.82 Å². The van der Waals surface area contributed by atoms with Crippen molar-refractivity contribution >= 4 is 16.8 Å². The van der Waals surface area contributed by atoms with E-state index in [0.717, 1.165) is 0 Å². The van der Waals surface area contributed by atoms with Crippen LogP contribution < -0.4 is 0 Å². The predicted molar refractivity (Wildman–Crippen MR) is 58.6 cm³/mol. The van der Waals surface area contributed by atoms with Crippen LogP contribution in [0.2, 0.25) is 0 Å². The lowest BCUT2D eigenvalue weighted by Gasteiger charge is -2.24. The molecule has 86 valence electrons. The van der Waals surface area contributed by atoms with E-state index in [1.165, 1.54) is 24.3 Å². The van der Waals surface area contributed by atoms with Crippen molar-refractivity contribution in [2.75, 3.05) is 13.1 Å². The van der Waals surface area contributed by atoms with Crippen LogP contribution in [0.25, 0.3) is 0 Å². The number of rotatable bonds is 2. The third kappa shape index (κ3) is 2.54. The molecule has 1 heterocycles. The molecule has 16 heavy (non-hydrogen) atoms. The number of carbonyl (C=O) groups is 1. The number of carbonyl (C=O) groups excluding carboxylic acids is 1. The Kier molecular flexibility index (Phi) is 3.46. The number of halogens is 1. The molecule has 0 N–H and O–H groups in total. The number of hydrogen-bond donors (Lipinski definition) is 0. The van der Waals surface area contributed by atoms with Gasteiger partial charge in [0.2, 0.25) is 0 Å². The van der Waals surface area contributed by atoms with Gasteiger partial charge in [0.1, 0.15) is 22.6 Å². The zero-order chi connectivity index (χ0) is 11.5. The monoisotopic (exact) mass is 241 g/mol. The van der Waals surface area contributed by atoms with Gasteiger partial charge >= 0.3 is 0 Å². The molecule has 3 nitrogen and oxygen atoms in total. The van der Waals surface area contributed by atoms with Crippen molar-refractivity contribution in [2.45, 2.75) is 17.7 Å². The molecule has 5 heteroatoms. The number of piperidine rings is 1. The van der Waals surface area contributed by atoms with E-state index in [1.807, 2.05) is 0 Å². The average molecular weight is 241 g/mol. The van der Waals surface area contributed by atoms with E-state index >= 15 is 0 Å². The second kappa shape index (κ2) is 4.84. The quantitative estimate of drug-likeness (QED) is 0.787. The van der Waals surface area contributed by atoms with E-state index in [1.54, 1.807) is 4.31 Å². The molecule has 1 unspecified atom stereocenters. The molecule has 0 saturated carbocycles. The largest absolute Gasteiger partial charge is 0.300 e. The van der Waals surface area contributed by atoms with Gasteiger partial charge in [-0.3, -0.25) is 4.79 Å². The first kappa shape index (κ1) is 11.4. The van der Waals surface area contributed by atoms with Crippen LogP contribution in [0.1, 0.15) is 12.8 Å². The summed E-state index contributed by atoms with van der Waals surface area (Å²) in [7, 11) is -1.28. The molecule has 1 aliphatic rings. The number of ketones is 1. The third-order valence-electron chi connectivity index (χ3n) is 2.53. The van der Waals surface area contributed by atoms with Crippen molar-refractivity contribution in [3.05, 3.63) is 30.1 Å². The van der Waals surface area contributed by atoms with Gasteiger partial charge in [0.15, 0.2) is 0 Å². The minimum Gasteiger partial charge on any atom is -0.300 e. The molecular weight excluding hydrogens is 229 g/mol. The maximum absolute atomic E-state index is 12.7.